The number of amides is 1. The fraction of sp³-hybridized carbons (Fsp3) is 0.455. The molecule has 0 saturated heterocycles. The Balaban J connectivity index is 3.15. The number of pyridine rings is 1. The Morgan fingerprint density at radius 2 is 2.07 bits per heavy atom. The van der Waals surface area contributed by atoms with Crippen LogP contribution in [-0.2, 0) is 5.41 Å². The van der Waals surface area contributed by atoms with Crippen LogP contribution in [0.25, 0.3) is 0 Å². The number of carbonyl (C=O) groups is 1. The highest BCUT2D eigenvalue weighted by molar-refractivity contribution is 5.91. The molecule has 1 aromatic rings. The van der Waals surface area contributed by atoms with Crippen LogP contribution in [0, 0.1) is 5.82 Å². The molecule has 0 unspecified atom stereocenters. The molecular weight excluding hydrogens is 195 g/mol. The molecule has 0 atom stereocenters. The molecule has 0 spiro atoms. The molecule has 15 heavy (non-hydrogen) atoms. The number of aromatic nitrogens is 1. The smallest absolute Gasteiger partial charge is 0.269 e. The van der Waals surface area contributed by atoms with E-state index in [1.54, 1.807) is 0 Å². The standard InChI is InChI=1S/C11H15FN2O/c1-11(2,3)7-6-14-9(5-8(7)12)10(15)13-4/h5-6H,1-4H3,(H,13,15). The maximum Gasteiger partial charge on any atom is 0.269 e. The van der Waals surface area contributed by atoms with Crippen molar-refractivity contribution < 1.29 is 9.18 Å². The third-order valence-electron chi connectivity index (χ3n) is 2.12. The molecule has 0 saturated carbocycles. The van der Waals surface area contributed by atoms with Gasteiger partial charge in [-0.05, 0) is 5.41 Å². The molecule has 1 heterocycles. The van der Waals surface area contributed by atoms with Crippen LogP contribution in [0.1, 0.15) is 36.8 Å². The van der Waals surface area contributed by atoms with Gasteiger partial charge < -0.3 is 5.32 Å². The molecule has 0 radical (unpaired) electrons. The van der Waals surface area contributed by atoms with E-state index in [1.165, 1.54) is 19.3 Å². The first kappa shape index (κ1) is 11.6. The van der Waals surface area contributed by atoms with Crippen LogP contribution in [0.4, 0.5) is 4.39 Å². The molecule has 0 bridgehead atoms. The van der Waals surface area contributed by atoms with Gasteiger partial charge in [-0.3, -0.25) is 9.78 Å². The van der Waals surface area contributed by atoms with Crippen LogP contribution in [0.15, 0.2) is 12.3 Å². The van der Waals surface area contributed by atoms with Gasteiger partial charge in [-0.25, -0.2) is 4.39 Å². The summed E-state index contributed by atoms with van der Waals surface area (Å²) in [4.78, 5) is 15.1. The first-order valence-electron chi connectivity index (χ1n) is 4.74. The lowest BCUT2D eigenvalue weighted by Crippen LogP contribution is -2.21. The molecule has 1 aromatic heterocycles. The second kappa shape index (κ2) is 3.96. The summed E-state index contributed by atoms with van der Waals surface area (Å²) in [6.07, 6.45) is 1.42. The lowest BCUT2D eigenvalue weighted by molar-refractivity contribution is 0.0957. The van der Waals surface area contributed by atoms with Gasteiger partial charge in [-0.15, -0.1) is 0 Å². The van der Waals surface area contributed by atoms with Gasteiger partial charge in [0.15, 0.2) is 0 Å². The van der Waals surface area contributed by atoms with Crippen LogP contribution in [0.3, 0.4) is 0 Å². The van der Waals surface area contributed by atoms with Crippen molar-refractivity contribution in [2.24, 2.45) is 0 Å². The van der Waals surface area contributed by atoms with E-state index in [0.717, 1.165) is 0 Å². The quantitative estimate of drug-likeness (QED) is 0.769. The first-order chi connectivity index (χ1) is 6.86. The van der Waals surface area contributed by atoms with Crippen molar-refractivity contribution in [3.63, 3.8) is 0 Å². The minimum Gasteiger partial charge on any atom is -0.354 e. The van der Waals surface area contributed by atoms with Gasteiger partial charge in [0.2, 0.25) is 0 Å². The van der Waals surface area contributed by atoms with E-state index in [9.17, 15) is 9.18 Å². The maximum atomic E-state index is 13.6. The van der Waals surface area contributed by atoms with E-state index in [4.69, 9.17) is 0 Å². The van der Waals surface area contributed by atoms with Crippen molar-refractivity contribution in [2.45, 2.75) is 26.2 Å². The summed E-state index contributed by atoms with van der Waals surface area (Å²) in [6.45, 7) is 5.69. The summed E-state index contributed by atoms with van der Waals surface area (Å²) in [5, 5.41) is 2.40. The summed E-state index contributed by atoms with van der Waals surface area (Å²) in [6, 6.07) is 1.17. The lowest BCUT2D eigenvalue weighted by atomic mass is 9.88. The topological polar surface area (TPSA) is 42.0 Å². The summed E-state index contributed by atoms with van der Waals surface area (Å²) in [5.41, 5.74) is 0.302. The number of rotatable bonds is 1. The zero-order valence-corrected chi connectivity index (χ0v) is 9.39. The van der Waals surface area contributed by atoms with Gasteiger partial charge in [0.25, 0.3) is 5.91 Å². The van der Waals surface area contributed by atoms with Gasteiger partial charge in [-0.2, -0.15) is 0 Å². The van der Waals surface area contributed by atoms with Crippen LogP contribution in [-0.4, -0.2) is 17.9 Å². The third kappa shape index (κ3) is 2.52. The largest absolute Gasteiger partial charge is 0.354 e. The molecular formula is C11H15FN2O. The highest BCUT2D eigenvalue weighted by Crippen LogP contribution is 2.24. The number of hydrogen-bond donors (Lipinski definition) is 1. The highest BCUT2D eigenvalue weighted by atomic mass is 19.1. The predicted octanol–water partition coefficient (Wildman–Crippen LogP) is 1.88. The third-order valence-corrected chi connectivity index (χ3v) is 2.12. The maximum absolute atomic E-state index is 13.6. The summed E-state index contributed by atoms with van der Waals surface area (Å²) >= 11 is 0. The summed E-state index contributed by atoms with van der Waals surface area (Å²) in [7, 11) is 1.49. The van der Waals surface area contributed by atoms with Crippen LogP contribution < -0.4 is 5.32 Å². The average molecular weight is 210 g/mol. The number of hydrogen-bond acceptors (Lipinski definition) is 2. The SMILES string of the molecule is CNC(=O)c1cc(F)c(C(C)(C)C)cn1. The molecule has 1 N–H and O–H groups in total. The van der Waals surface area contributed by atoms with E-state index in [-0.39, 0.29) is 17.0 Å². The Bertz CT molecular complexity index is 383. The normalized spacial score (nSPS) is 11.3. The van der Waals surface area contributed by atoms with E-state index in [1.807, 2.05) is 20.8 Å². The Hall–Kier alpha value is -1.45. The molecule has 0 fully saturated rings. The molecule has 4 heteroatoms. The van der Waals surface area contributed by atoms with Crippen molar-refractivity contribution in [3.8, 4) is 0 Å². The number of nitrogens with zero attached hydrogens (tertiary/aromatic N) is 1. The molecule has 0 aliphatic rings. The van der Waals surface area contributed by atoms with Crippen LogP contribution >= 0.6 is 0 Å². The highest BCUT2D eigenvalue weighted by Gasteiger charge is 2.20. The van der Waals surface area contributed by atoms with Crippen LogP contribution in [0.2, 0.25) is 0 Å². The van der Waals surface area contributed by atoms with Crippen molar-refractivity contribution in [2.75, 3.05) is 7.05 Å². The van der Waals surface area contributed by atoms with Gasteiger partial charge in [0.05, 0.1) is 0 Å². The number of nitrogens with one attached hydrogen (secondary N) is 1. The van der Waals surface area contributed by atoms with Gasteiger partial charge in [0.1, 0.15) is 11.5 Å². The Morgan fingerprint density at radius 1 is 1.47 bits per heavy atom. The lowest BCUT2D eigenvalue weighted by Gasteiger charge is -2.19. The zero-order valence-electron chi connectivity index (χ0n) is 9.39. The fourth-order valence-electron chi connectivity index (χ4n) is 1.23. The van der Waals surface area contributed by atoms with Gasteiger partial charge >= 0.3 is 0 Å². The Kier molecular flexibility index (Phi) is 3.07. The molecule has 3 nitrogen and oxygen atoms in total. The molecule has 1 amide bonds. The fourth-order valence-corrected chi connectivity index (χ4v) is 1.23. The van der Waals surface area contributed by atoms with E-state index >= 15 is 0 Å². The zero-order chi connectivity index (χ0) is 11.6. The second-order valence-electron chi connectivity index (χ2n) is 4.38. The average Bonchev–Trinajstić information content (AvgIpc) is 2.14. The minimum absolute atomic E-state index is 0.100. The van der Waals surface area contributed by atoms with Crippen molar-refractivity contribution in [3.05, 3.63) is 29.3 Å². The Labute approximate surface area is 88.7 Å². The van der Waals surface area contributed by atoms with Crippen molar-refractivity contribution in [1.29, 1.82) is 0 Å². The molecule has 82 valence electrons. The monoisotopic (exact) mass is 210 g/mol. The summed E-state index contributed by atoms with van der Waals surface area (Å²) < 4.78 is 13.6. The van der Waals surface area contributed by atoms with Crippen molar-refractivity contribution in [1.82, 2.24) is 10.3 Å². The number of carbonyl (C=O) groups excluding carboxylic acids is 1. The van der Waals surface area contributed by atoms with Crippen molar-refractivity contribution >= 4 is 5.91 Å². The predicted molar refractivity (Wildman–Crippen MR) is 56.3 cm³/mol. The molecule has 1 rings (SSSR count). The Morgan fingerprint density at radius 3 is 2.47 bits per heavy atom. The molecule has 0 aliphatic heterocycles. The second-order valence-corrected chi connectivity index (χ2v) is 4.38. The minimum atomic E-state index is -0.392. The van der Waals surface area contributed by atoms with Crippen LogP contribution in [0.5, 0.6) is 0 Å². The van der Waals surface area contributed by atoms with Gasteiger partial charge in [0, 0.05) is 24.9 Å². The van der Waals surface area contributed by atoms with E-state index in [2.05, 4.69) is 10.3 Å². The molecule has 0 aromatic carbocycles. The van der Waals surface area contributed by atoms with Gasteiger partial charge in [-0.1, -0.05) is 20.8 Å². The van der Waals surface area contributed by atoms with E-state index < -0.39 is 5.82 Å². The summed E-state index contributed by atoms with van der Waals surface area (Å²) in [5.74, 6) is -0.773. The first-order valence-corrected chi connectivity index (χ1v) is 4.74. The number of halogens is 1. The van der Waals surface area contributed by atoms with E-state index in [0.29, 0.717) is 5.56 Å². The molecule has 0 aliphatic carbocycles.